The summed E-state index contributed by atoms with van der Waals surface area (Å²) >= 11 is 5.99. The number of aliphatic carboxylic acids is 1. The lowest BCUT2D eigenvalue weighted by Gasteiger charge is -2.06. The molecule has 168 valence electrons. The van der Waals surface area contributed by atoms with Gasteiger partial charge in [0.2, 0.25) is 0 Å². The minimum atomic E-state index is -5.08. The minimum Gasteiger partial charge on any atom is -0.475 e. The van der Waals surface area contributed by atoms with Crippen molar-refractivity contribution in [2.75, 3.05) is 5.32 Å². The van der Waals surface area contributed by atoms with Crippen LogP contribution in [0, 0.1) is 0 Å². The largest absolute Gasteiger partial charge is 0.490 e. The second-order valence-corrected chi connectivity index (χ2v) is 6.75. The van der Waals surface area contributed by atoms with Crippen molar-refractivity contribution in [3.63, 3.8) is 0 Å². The molecule has 0 radical (unpaired) electrons. The van der Waals surface area contributed by atoms with Gasteiger partial charge in [-0.25, -0.2) is 4.79 Å². The van der Waals surface area contributed by atoms with Gasteiger partial charge in [-0.2, -0.15) is 13.2 Å². The molecule has 3 rings (SSSR count). The third kappa shape index (κ3) is 7.97. The van der Waals surface area contributed by atoms with E-state index in [9.17, 15) is 18.0 Å². The molecule has 2 heterocycles. The van der Waals surface area contributed by atoms with Gasteiger partial charge in [0.25, 0.3) is 5.91 Å². The van der Waals surface area contributed by atoms with E-state index >= 15 is 0 Å². The summed E-state index contributed by atoms with van der Waals surface area (Å²) in [6.45, 7) is -0.135. The number of amides is 1. The van der Waals surface area contributed by atoms with Crippen molar-refractivity contribution in [3.8, 4) is 0 Å². The molecule has 0 bridgehead atoms. The maximum Gasteiger partial charge on any atom is 0.490 e. The molecule has 0 unspecified atom stereocenters. The molecule has 7 nitrogen and oxygen atoms in total. The average Bonchev–Trinajstić information content (AvgIpc) is 2.74. The summed E-state index contributed by atoms with van der Waals surface area (Å²) in [4.78, 5) is 29.3. The number of nitrogens with zero attached hydrogens (tertiary/aromatic N) is 2. The topological polar surface area (TPSA) is 112 Å². The number of hydrogen-bond donors (Lipinski definition) is 3. The van der Waals surface area contributed by atoms with Crippen molar-refractivity contribution in [3.05, 3.63) is 88.5 Å². The normalized spacial score (nSPS) is 10.7. The Hall–Kier alpha value is -3.50. The van der Waals surface area contributed by atoms with Gasteiger partial charge in [-0.1, -0.05) is 29.8 Å². The maximum absolute atomic E-state index is 12.2. The summed E-state index contributed by atoms with van der Waals surface area (Å²) in [6, 6.07) is 14.5. The number of pyridine rings is 2. The summed E-state index contributed by atoms with van der Waals surface area (Å²) in [5.41, 5.74) is 3.49. The number of anilines is 1. The van der Waals surface area contributed by atoms with Crippen LogP contribution in [0.4, 0.5) is 18.9 Å². The van der Waals surface area contributed by atoms with Crippen LogP contribution < -0.4 is 5.32 Å². The van der Waals surface area contributed by atoms with Crippen LogP contribution in [0.3, 0.4) is 0 Å². The fraction of sp³-hybridized carbons (Fsp3) is 0.143. The third-order valence-electron chi connectivity index (χ3n) is 3.84. The molecule has 0 saturated carbocycles. The van der Waals surface area contributed by atoms with Crippen molar-refractivity contribution >= 4 is 29.2 Å². The fourth-order valence-electron chi connectivity index (χ4n) is 2.33. The monoisotopic (exact) mass is 467 g/mol. The van der Waals surface area contributed by atoms with Crippen molar-refractivity contribution in [2.24, 2.45) is 0 Å². The fourth-order valence-corrected chi connectivity index (χ4v) is 2.55. The Balaban J connectivity index is 0.000000451. The number of carbonyl (C=O) groups is 2. The van der Waals surface area contributed by atoms with Crippen LogP contribution in [0.2, 0.25) is 5.02 Å². The Labute approximate surface area is 185 Å². The van der Waals surface area contributed by atoms with Gasteiger partial charge < -0.3 is 15.5 Å². The summed E-state index contributed by atoms with van der Waals surface area (Å²) in [7, 11) is 0. The van der Waals surface area contributed by atoms with Crippen LogP contribution in [0.1, 0.15) is 27.3 Å². The van der Waals surface area contributed by atoms with Crippen molar-refractivity contribution in [1.29, 1.82) is 0 Å². The zero-order valence-corrected chi connectivity index (χ0v) is 17.1. The summed E-state index contributed by atoms with van der Waals surface area (Å²) in [6.07, 6.45) is -1.21. The van der Waals surface area contributed by atoms with Crippen LogP contribution in [-0.2, 0) is 17.8 Å². The molecule has 0 aliphatic carbocycles. The number of halogens is 4. The molecule has 0 fully saturated rings. The molecule has 0 aliphatic rings. The maximum atomic E-state index is 12.2. The lowest BCUT2D eigenvalue weighted by molar-refractivity contribution is -0.192. The van der Waals surface area contributed by atoms with Crippen molar-refractivity contribution in [2.45, 2.75) is 19.2 Å². The summed E-state index contributed by atoms with van der Waals surface area (Å²) < 4.78 is 31.7. The molecule has 2 aromatic heterocycles. The van der Waals surface area contributed by atoms with E-state index in [1.165, 1.54) is 6.20 Å². The van der Waals surface area contributed by atoms with E-state index in [-0.39, 0.29) is 12.5 Å². The van der Waals surface area contributed by atoms with Gasteiger partial charge >= 0.3 is 12.1 Å². The van der Waals surface area contributed by atoms with E-state index in [4.69, 9.17) is 26.6 Å². The predicted molar refractivity (Wildman–Crippen MR) is 110 cm³/mol. The molecule has 3 aromatic rings. The highest BCUT2D eigenvalue weighted by Crippen LogP contribution is 2.15. The number of aromatic nitrogens is 2. The molecule has 0 spiro atoms. The Morgan fingerprint density at radius 3 is 2.22 bits per heavy atom. The van der Waals surface area contributed by atoms with Crippen LogP contribution >= 0.6 is 11.6 Å². The standard InChI is InChI=1S/C19H16ClN3O2.C2HF3O2/c20-15-3-1-2-13(9-15)8-14-4-7-18(22-10-14)19(25)23-16-5-6-17(12-24)21-11-16;3-2(4,5)1(6)7/h1-7,9-11,24H,8,12H2,(H,23,25);(H,6,7). The molecule has 0 atom stereocenters. The lowest BCUT2D eigenvalue weighted by Crippen LogP contribution is -2.21. The first-order valence-electron chi connectivity index (χ1n) is 8.95. The molecule has 32 heavy (non-hydrogen) atoms. The van der Waals surface area contributed by atoms with Crippen LogP contribution in [0.5, 0.6) is 0 Å². The van der Waals surface area contributed by atoms with Gasteiger partial charge in [0.15, 0.2) is 0 Å². The number of aliphatic hydroxyl groups is 1. The van der Waals surface area contributed by atoms with E-state index in [0.29, 0.717) is 28.5 Å². The van der Waals surface area contributed by atoms with Crippen molar-refractivity contribution in [1.82, 2.24) is 9.97 Å². The van der Waals surface area contributed by atoms with Gasteiger partial charge in [0, 0.05) is 11.2 Å². The number of aliphatic hydroxyl groups excluding tert-OH is 1. The zero-order valence-electron chi connectivity index (χ0n) is 16.3. The van der Waals surface area contributed by atoms with Crippen LogP contribution in [0.15, 0.2) is 60.9 Å². The molecule has 3 N–H and O–H groups in total. The highest BCUT2D eigenvalue weighted by atomic mass is 35.5. The number of carbonyl (C=O) groups excluding carboxylic acids is 1. The molecule has 0 aliphatic heterocycles. The number of alkyl halides is 3. The number of hydrogen-bond acceptors (Lipinski definition) is 5. The van der Waals surface area contributed by atoms with Gasteiger partial charge in [-0.05, 0) is 47.9 Å². The quantitative estimate of drug-likeness (QED) is 0.521. The number of carboxylic acid groups (broad SMARTS) is 1. The van der Waals surface area contributed by atoms with E-state index in [1.54, 1.807) is 24.4 Å². The highest BCUT2D eigenvalue weighted by Gasteiger charge is 2.38. The Morgan fingerprint density at radius 2 is 1.72 bits per heavy atom. The number of benzene rings is 1. The molecule has 1 aromatic carbocycles. The third-order valence-corrected chi connectivity index (χ3v) is 4.08. The van der Waals surface area contributed by atoms with E-state index < -0.39 is 12.1 Å². The van der Waals surface area contributed by atoms with E-state index in [2.05, 4.69) is 15.3 Å². The predicted octanol–water partition coefficient (Wildman–Crippen LogP) is 4.10. The van der Waals surface area contributed by atoms with E-state index in [1.807, 2.05) is 30.3 Å². The van der Waals surface area contributed by atoms with Gasteiger partial charge in [0.05, 0.1) is 24.2 Å². The number of nitrogens with one attached hydrogen (secondary N) is 1. The Morgan fingerprint density at radius 1 is 1.00 bits per heavy atom. The first kappa shape index (κ1) is 24.8. The lowest BCUT2D eigenvalue weighted by atomic mass is 10.1. The molecular formula is C21H17ClF3N3O4. The zero-order chi connectivity index (χ0) is 23.7. The minimum absolute atomic E-state index is 0.135. The molecular weight excluding hydrogens is 451 g/mol. The second kappa shape index (κ2) is 11.2. The number of rotatable bonds is 5. The molecule has 0 saturated heterocycles. The smallest absolute Gasteiger partial charge is 0.475 e. The number of carboxylic acids is 1. The SMILES string of the molecule is O=C(Nc1ccc(CO)nc1)c1ccc(Cc2cccc(Cl)c2)cn1.O=C(O)C(F)(F)F. The van der Waals surface area contributed by atoms with Gasteiger partial charge in [0.1, 0.15) is 5.69 Å². The average molecular weight is 468 g/mol. The summed E-state index contributed by atoms with van der Waals surface area (Å²) in [5.74, 6) is -3.07. The first-order valence-corrected chi connectivity index (χ1v) is 9.33. The summed E-state index contributed by atoms with van der Waals surface area (Å²) in [5, 5.41) is 19.5. The molecule has 11 heteroatoms. The highest BCUT2D eigenvalue weighted by molar-refractivity contribution is 6.30. The second-order valence-electron chi connectivity index (χ2n) is 6.31. The molecule has 1 amide bonds. The van der Waals surface area contributed by atoms with Crippen molar-refractivity contribution < 1.29 is 33.0 Å². The van der Waals surface area contributed by atoms with Crippen LogP contribution in [-0.4, -0.2) is 38.2 Å². The van der Waals surface area contributed by atoms with Gasteiger partial charge in [-0.15, -0.1) is 0 Å². The first-order chi connectivity index (χ1) is 15.1. The van der Waals surface area contributed by atoms with E-state index in [0.717, 1.165) is 11.1 Å². The Kier molecular flexibility index (Phi) is 8.68. The Bertz CT molecular complexity index is 1060. The van der Waals surface area contributed by atoms with Gasteiger partial charge in [-0.3, -0.25) is 14.8 Å². The van der Waals surface area contributed by atoms with Crippen LogP contribution in [0.25, 0.3) is 0 Å².